The number of thiophene rings is 1. The molecular formula is C10H11F3OS. The molecule has 0 spiro atoms. The minimum absolute atomic E-state index is 0.0715. The summed E-state index contributed by atoms with van der Waals surface area (Å²) >= 11 is 1.34. The molecule has 0 saturated carbocycles. The fourth-order valence-corrected chi connectivity index (χ4v) is 3.09. The van der Waals surface area contributed by atoms with Gasteiger partial charge in [-0.25, -0.2) is 0 Å². The molecule has 1 heterocycles. The largest absolute Gasteiger partial charge is 0.418 e. The summed E-state index contributed by atoms with van der Waals surface area (Å²) in [5, 5.41) is 10.6. The first kappa shape index (κ1) is 11.0. The maximum atomic E-state index is 12.3. The van der Waals surface area contributed by atoms with Crippen LogP contribution in [0.15, 0.2) is 5.38 Å². The molecular weight excluding hydrogens is 225 g/mol. The predicted molar refractivity (Wildman–Crippen MR) is 52.0 cm³/mol. The summed E-state index contributed by atoms with van der Waals surface area (Å²) in [5.74, 6) is 0. The Morgan fingerprint density at radius 1 is 1.27 bits per heavy atom. The van der Waals surface area contributed by atoms with E-state index in [1.54, 1.807) is 0 Å². The van der Waals surface area contributed by atoms with E-state index in [0.29, 0.717) is 6.42 Å². The number of halogens is 3. The van der Waals surface area contributed by atoms with Gasteiger partial charge in [0.25, 0.3) is 0 Å². The highest BCUT2D eigenvalue weighted by Gasteiger charge is 2.41. The second-order valence-electron chi connectivity index (χ2n) is 3.74. The number of fused-ring (bicyclic) bond motifs is 1. The summed E-state index contributed by atoms with van der Waals surface area (Å²) in [5.41, 5.74) is 0.804. The molecule has 1 aromatic heterocycles. The zero-order valence-electron chi connectivity index (χ0n) is 7.97. The third-order valence-electron chi connectivity index (χ3n) is 2.70. The van der Waals surface area contributed by atoms with Gasteiger partial charge in [-0.2, -0.15) is 13.2 Å². The maximum Gasteiger partial charge on any atom is 0.418 e. The molecule has 1 atom stereocenters. The van der Waals surface area contributed by atoms with Crippen LogP contribution in [-0.4, -0.2) is 11.3 Å². The first-order valence-corrected chi connectivity index (χ1v) is 5.72. The fraction of sp³-hybridized carbons (Fsp3) is 0.600. The summed E-state index contributed by atoms with van der Waals surface area (Å²) < 4.78 is 37.0. The van der Waals surface area contributed by atoms with E-state index in [9.17, 15) is 18.3 Å². The number of alkyl halides is 3. The van der Waals surface area contributed by atoms with Crippen molar-refractivity contribution < 1.29 is 18.3 Å². The van der Waals surface area contributed by atoms with Crippen LogP contribution in [0, 0.1) is 0 Å². The van der Waals surface area contributed by atoms with Gasteiger partial charge in [-0.1, -0.05) is 0 Å². The second kappa shape index (κ2) is 3.79. The number of hydrogen-bond donors (Lipinski definition) is 1. The van der Waals surface area contributed by atoms with Gasteiger partial charge in [0.05, 0.1) is 0 Å². The zero-order valence-corrected chi connectivity index (χ0v) is 8.79. The quantitative estimate of drug-likeness (QED) is 0.793. The summed E-state index contributed by atoms with van der Waals surface area (Å²) in [6, 6.07) is 0. The van der Waals surface area contributed by atoms with Crippen molar-refractivity contribution in [1.82, 2.24) is 0 Å². The van der Waals surface area contributed by atoms with E-state index in [0.717, 1.165) is 29.7 Å². The lowest BCUT2D eigenvalue weighted by molar-refractivity contribution is -0.206. The van der Waals surface area contributed by atoms with E-state index in [4.69, 9.17) is 0 Å². The van der Waals surface area contributed by atoms with Crippen molar-refractivity contribution in [1.29, 1.82) is 0 Å². The lowest BCUT2D eigenvalue weighted by Crippen LogP contribution is -2.21. The molecule has 1 N–H and O–H groups in total. The summed E-state index contributed by atoms with van der Waals surface area (Å²) in [6.45, 7) is 0. The van der Waals surface area contributed by atoms with Crippen LogP contribution in [0.25, 0.3) is 0 Å². The molecule has 84 valence electrons. The molecule has 0 bridgehead atoms. The van der Waals surface area contributed by atoms with Crippen LogP contribution in [0.4, 0.5) is 13.2 Å². The highest BCUT2D eigenvalue weighted by atomic mass is 32.1. The molecule has 1 nitrogen and oxygen atoms in total. The average Bonchev–Trinajstić information content (AvgIpc) is 2.58. The average molecular weight is 236 g/mol. The van der Waals surface area contributed by atoms with Gasteiger partial charge in [-0.05, 0) is 36.6 Å². The second-order valence-corrected chi connectivity index (χ2v) is 4.71. The van der Waals surface area contributed by atoms with Crippen molar-refractivity contribution in [3.05, 3.63) is 21.4 Å². The molecule has 15 heavy (non-hydrogen) atoms. The highest BCUT2D eigenvalue weighted by molar-refractivity contribution is 7.10. The molecule has 0 radical (unpaired) electrons. The first-order valence-electron chi connectivity index (χ1n) is 4.84. The Kier molecular flexibility index (Phi) is 2.77. The number of rotatable bonds is 1. The standard InChI is InChI=1S/C10H11F3OS/c11-10(12,13)9(14)7-5-15-8-4-2-1-3-6(7)8/h5,9,14H,1-4H2/t9-/m0/s1. The van der Waals surface area contributed by atoms with Gasteiger partial charge in [0.2, 0.25) is 0 Å². The Balaban J connectivity index is 2.33. The fourth-order valence-electron chi connectivity index (χ4n) is 1.92. The van der Waals surface area contributed by atoms with Crippen LogP contribution in [0.5, 0.6) is 0 Å². The Hall–Kier alpha value is -0.550. The molecule has 1 aliphatic carbocycles. The molecule has 0 aliphatic heterocycles. The van der Waals surface area contributed by atoms with Gasteiger partial charge in [-0.3, -0.25) is 0 Å². The lowest BCUT2D eigenvalue weighted by atomic mass is 9.94. The summed E-state index contributed by atoms with van der Waals surface area (Å²) in [6.07, 6.45) is -3.38. The molecule has 1 aromatic rings. The Morgan fingerprint density at radius 3 is 2.60 bits per heavy atom. The van der Waals surface area contributed by atoms with Crippen LogP contribution >= 0.6 is 11.3 Å². The molecule has 0 unspecified atom stereocenters. The van der Waals surface area contributed by atoms with E-state index in [1.807, 2.05) is 0 Å². The molecule has 0 fully saturated rings. The molecule has 0 saturated heterocycles. The van der Waals surface area contributed by atoms with E-state index >= 15 is 0 Å². The zero-order chi connectivity index (χ0) is 11.1. The predicted octanol–water partition coefficient (Wildman–Crippen LogP) is 3.22. The number of aliphatic hydroxyl groups is 1. The van der Waals surface area contributed by atoms with Crippen molar-refractivity contribution >= 4 is 11.3 Å². The molecule has 2 rings (SSSR count). The van der Waals surface area contributed by atoms with Gasteiger partial charge < -0.3 is 5.11 Å². The lowest BCUT2D eigenvalue weighted by Gasteiger charge is -2.18. The van der Waals surface area contributed by atoms with E-state index < -0.39 is 12.3 Å². The Morgan fingerprint density at radius 2 is 1.93 bits per heavy atom. The Labute approximate surface area is 89.5 Å². The Bertz CT molecular complexity index is 356. The summed E-state index contributed by atoms with van der Waals surface area (Å²) in [7, 11) is 0. The van der Waals surface area contributed by atoms with E-state index in [1.165, 1.54) is 16.7 Å². The van der Waals surface area contributed by atoms with Crippen molar-refractivity contribution in [2.24, 2.45) is 0 Å². The third-order valence-corrected chi connectivity index (χ3v) is 3.81. The molecule has 1 aliphatic rings. The van der Waals surface area contributed by atoms with Crippen molar-refractivity contribution in [2.45, 2.75) is 38.0 Å². The SMILES string of the molecule is O[C@@H](c1csc2c1CCCC2)C(F)(F)F. The van der Waals surface area contributed by atoms with Gasteiger partial charge in [0.15, 0.2) is 6.10 Å². The normalized spacial score (nSPS) is 18.7. The molecule has 0 amide bonds. The van der Waals surface area contributed by atoms with Crippen LogP contribution in [-0.2, 0) is 12.8 Å². The van der Waals surface area contributed by atoms with Gasteiger partial charge in [0.1, 0.15) is 0 Å². The van der Waals surface area contributed by atoms with Crippen LogP contribution in [0.3, 0.4) is 0 Å². The number of aryl methyl sites for hydroxylation is 1. The topological polar surface area (TPSA) is 20.2 Å². The monoisotopic (exact) mass is 236 g/mol. The smallest absolute Gasteiger partial charge is 0.379 e. The van der Waals surface area contributed by atoms with Crippen LogP contribution in [0.2, 0.25) is 0 Å². The van der Waals surface area contributed by atoms with Gasteiger partial charge >= 0.3 is 6.18 Å². The summed E-state index contributed by atoms with van der Waals surface area (Å²) in [4.78, 5) is 1.01. The van der Waals surface area contributed by atoms with Crippen LogP contribution < -0.4 is 0 Å². The third kappa shape index (κ3) is 2.03. The van der Waals surface area contributed by atoms with Crippen molar-refractivity contribution in [3.63, 3.8) is 0 Å². The molecule has 5 heteroatoms. The number of hydrogen-bond acceptors (Lipinski definition) is 2. The maximum absolute atomic E-state index is 12.3. The van der Waals surface area contributed by atoms with Crippen molar-refractivity contribution in [3.8, 4) is 0 Å². The minimum Gasteiger partial charge on any atom is -0.379 e. The first-order chi connectivity index (χ1) is 7.00. The minimum atomic E-state index is -4.55. The van der Waals surface area contributed by atoms with Gasteiger partial charge in [-0.15, -0.1) is 11.3 Å². The van der Waals surface area contributed by atoms with E-state index in [-0.39, 0.29) is 5.56 Å². The van der Waals surface area contributed by atoms with Crippen molar-refractivity contribution in [2.75, 3.05) is 0 Å². The number of aliphatic hydroxyl groups excluding tert-OH is 1. The van der Waals surface area contributed by atoms with E-state index in [2.05, 4.69) is 0 Å². The van der Waals surface area contributed by atoms with Gasteiger partial charge in [0, 0.05) is 10.4 Å². The highest BCUT2D eigenvalue weighted by Crippen LogP contribution is 2.39. The van der Waals surface area contributed by atoms with Crippen LogP contribution in [0.1, 0.15) is 34.9 Å². The molecule has 0 aromatic carbocycles.